The Morgan fingerprint density at radius 3 is 2.93 bits per heavy atom. The van der Waals surface area contributed by atoms with Gasteiger partial charge in [0.05, 0.1) is 12.3 Å². The van der Waals surface area contributed by atoms with E-state index in [4.69, 9.17) is 9.72 Å². The second-order valence-corrected chi connectivity index (χ2v) is 8.82. The molecule has 1 amide bonds. The zero-order valence-electron chi connectivity index (χ0n) is 17.3. The SMILES string of the molecule is CN(C)c1ncc2c(n1)C1(CCCN(C(=O)c3ccc4c(c3)CCCO4)C1)CC2. The van der Waals surface area contributed by atoms with Gasteiger partial charge in [0, 0.05) is 44.4 Å². The summed E-state index contributed by atoms with van der Waals surface area (Å²) in [6.07, 6.45) is 8.14. The van der Waals surface area contributed by atoms with Crippen LogP contribution in [0.3, 0.4) is 0 Å². The topological polar surface area (TPSA) is 58.6 Å². The molecule has 1 atom stereocenters. The van der Waals surface area contributed by atoms with E-state index in [0.717, 1.165) is 86.7 Å². The molecule has 3 aliphatic rings. The third kappa shape index (κ3) is 3.15. The summed E-state index contributed by atoms with van der Waals surface area (Å²) in [6, 6.07) is 5.92. The largest absolute Gasteiger partial charge is 0.493 e. The van der Waals surface area contributed by atoms with Crippen molar-refractivity contribution in [2.75, 3.05) is 38.7 Å². The maximum absolute atomic E-state index is 13.4. The van der Waals surface area contributed by atoms with E-state index in [0.29, 0.717) is 0 Å². The standard InChI is InChI=1S/C23H28N4O2/c1-26(2)22-24-14-18-8-10-23(20(18)25-22)9-4-11-27(15-23)21(28)17-6-7-19-16(13-17)5-3-12-29-19/h6-7,13-14H,3-5,8-12,15H2,1-2H3. The minimum Gasteiger partial charge on any atom is -0.493 e. The number of amides is 1. The van der Waals surface area contributed by atoms with Crippen molar-refractivity contribution in [2.45, 2.75) is 43.9 Å². The second kappa shape index (κ2) is 7.01. The first-order chi connectivity index (χ1) is 14.1. The number of likely N-dealkylation sites (tertiary alicyclic amines) is 1. The van der Waals surface area contributed by atoms with Gasteiger partial charge in [-0.25, -0.2) is 9.97 Å². The van der Waals surface area contributed by atoms with Crippen molar-refractivity contribution in [1.29, 1.82) is 0 Å². The van der Waals surface area contributed by atoms with Crippen LogP contribution in [-0.4, -0.2) is 54.6 Å². The Hall–Kier alpha value is -2.63. The summed E-state index contributed by atoms with van der Waals surface area (Å²) in [5.74, 6) is 1.82. The van der Waals surface area contributed by atoms with E-state index in [-0.39, 0.29) is 11.3 Å². The summed E-state index contributed by atoms with van der Waals surface area (Å²) >= 11 is 0. The van der Waals surface area contributed by atoms with Gasteiger partial charge in [0.1, 0.15) is 5.75 Å². The van der Waals surface area contributed by atoms with Crippen molar-refractivity contribution < 1.29 is 9.53 Å². The average molecular weight is 393 g/mol. The highest BCUT2D eigenvalue weighted by Crippen LogP contribution is 2.44. The molecule has 152 valence electrons. The highest BCUT2D eigenvalue weighted by Gasteiger charge is 2.45. The molecule has 0 bridgehead atoms. The molecule has 1 unspecified atom stereocenters. The number of anilines is 1. The molecule has 6 heteroatoms. The van der Waals surface area contributed by atoms with Gasteiger partial charge in [-0.2, -0.15) is 0 Å². The van der Waals surface area contributed by atoms with Crippen molar-refractivity contribution in [3.05, 3.63) is 46.8 Å². The van der Waals surface area contributed by atoms with E-state index < -0.39 is 0 Å². The number of aromatic nitrogens is 2. The fraction of sp³-hybridized carbons (Fsp3) is 0.522. The minimum atomic E-state index is -0.0335. The van der Waals surface area contributed by atoms with Gasteiger partial charge in [-0.1, -0.05) is 0 Å². The molecule has 2 aliphatic heterocycles. The van der Waals surface area contributed by atoms with Crippen molar-refractivity contribution >= 4 is 11.9 Å². The van der Waals surface area contributed by atoms with E-state index in [1.165, 1.54) is 5.56 Å². The maximum atomic E-state index is 13.4. The molecule has 0 N–H and O–H groups in total. The fourth-order valence-electron chi connectivity index (χ4n) is 5.13. The number of piperidine rings is 1. The Morgan fingerprint density at radius 2 is 2.07 bits per heavy atom. The van der Waals surface area contributed by atoms with Crippen LogP contribution in [0.2, 0.25) is 0 Å². The Labute approximate surface area is 171 Å². The summed E-state index contributed by atoms with van der Waals surface area (Å²) in [5, 5.41) is 0. The maximum Gasteiger partial charge on any atom is 0.253 e. The van der Waals surface area contributed by atoms with E-state index in [1.807, 2.05) is 48.3 Å². The Balaban J connectivity index is 1.42. The van der Waals surface area contributed by atoms with Crippen LogP contribution in [0.1, 0.15) is 52.9 Å². The molecule has 1 fully saturated rings. The number of aryl methyl sites for hydroxylation is 2. The number of carbonyl (C=O) groups excluding carboxylic acids is 1. The van der Waals surface area contributed by atoms with E-state index in [2.05, 4.69) is 4.98 Å². The van der Waals surface area contributed by atoms with Crippen LogP contribution in [0, 0.1) is 0 Å². The van der Waals surface area contributed by atoms with Gasteiger partial charge in [-0.05, 0) is 67.9 Å². The number of carbonyl (C=O) groups is 1. The van der Waals surface area contributed by atoms with Crippen LogP contribution in [-0.2, 0) is 18.3 Å². The van der Waals surface area contributed by atoms with E-state index >= 15 is 0 Å². The smallest absolute Gasteiger partial charge is 0.253 e. The Kier molecular flexibility index (Phi) is 4.45. The van der Waals surface area contributed by atoms with Crippen LogP contribution in [0.25, 0.3) is 0 Å². The third-order valence-corrected chi connectivity index (χ3v) is 6.65. The lowest BCUT2D eigenvalue weighted by Crippen LogP contribution is -2.48. The van der Waals surface area contributed by atoms with Crippen LogP contribution in [0.15, 0.2) is 24.4 Å². The van der Waals surface area contributed by atoms with Gasteiger partial charge in [0.2, 0.25) is 5.95 Å². The highest BCUT2D eigenvalue weighted by molar-refractivity contribution is 5.94. The zero-order chi connectivity index (χ0) is 20.0. The molecule has 1 saturated heterocycles. The summed E-state index contributed by atoms with van der Waals surface area (Å²) < 4.78 is 5.71. The predicted octanol–water partition coefficient (Wildman–Crippen LogP) is 2.99. The van der Waals surface area contributed by atoms with Crippen molar-refractivity contribution in [2.24, 2.45) is 0 Å². The summed E-state index contributed by atoms with van der Waals surface area (Å²) in [6.45, 7) is 2.33. The first kappa shape index (κ1) is 18.4. The highest BCUT2D eigenvalue weighted by atomic mass is 16.5. The third-order valence-electron chi connectivity index (χ3n) is 6.65. The van der Waals surface area contributed by atoms with Crippen LogP contribution in [0.5, 0.6) is 5.75 Å². The number of fused-ring (bicyclic) bond motifs is 3. The van der Waals surface area contributed by atoms with Crippen molar-refractivity contribution in [3.63, 3.8) is 0 Å². The molecule has 1 aromatic carbocycles. The number of ether oxygens (including phenoxy) is 1. The predicted molar refractivity (Wildman–Crippen MR) is 112 cm³/mol. The first-order valence-corrected chi connectivity index (χ1v) is 10.6. The Morgan fingerprint density at radius 1 is 1.17 bits per heavy atom. The first-order valence-electron chi connectivity index (χ1n) is 10.6. The molecule has 29 heavy (non-hydrogen) atoms. The van der Waals surface area contributed by atoms with Crippen molar-refractivity contribution in [1.82, 2.24) is 14.9 Å². The molecule has 1 aromatic heterocycles. The summed E-state index contributed by atoms with van der Waals surface area (Å²) in [7, 11) is 3.94. The second-order valence-electron chi connectivity index (χ2n) is 8.82. The molecule has 5 rings (SSSR count). The quantitative estimate of drug-likeness (QED) is 0.786. The number of nitrogens with zero attached hydrogens (tertiary/aromatic N) is 4. The number of hydrogen-bond acceptors (Lipinski definition) is 5. The van der Waals surface area contributed by atoms with Gasteiger partial charge < -0.3 is 14.5 Å². The molecular formula is C23H28N4O2. The van der Waals surface area contributed by atoms with Gasteiger partial charge in [-0.15, -0.1) is 0 Å². The van der Waals surface area contributed by atoms with Crippen molar-refractivity contribution in [3.8, 4) is 5.75 Å². The molecule has 3 heterocycles. The van der Waals surface area contributed by atoms with Gasteiger partial charge in [-0.3, -0.25) is 4.79 Å². The monoisotopic (exact) mass is 392 g/mol. The van der Waals surface area contributed by atoms with Crippen LogP contribution < -0.4 is 9.64 Å². The van der Waals surface area contributed by atoms with E-state index in [9.17, 15) is 4.79 Å². The Bertz CT molecular complexity index is 954. The lowest BCUT2D eigenvalue weighted by molar-refractivity contribution is 0.0633. The molecule has 1 aliphatic carbocycles. The number of hydrogen-bond donors (Lipinski definition) is 0. The van der Waals surface area contributed by atoms with Gasteiger partial charge >= 0.3 is 0 Å². The van der Waals surface area contributed by atoms with Crippen LogP contribution in [0.4, 0.5) is 5.95 Å². The zero-order valence-corrected chi connectivity index (χ0v) is 17.3. The van der Waals surface area contributed by atoms with Crippen LogP contribution >= 0.6 is 0 Å². The molecule has 1 spiro atoms. The lowest BCUT2D eigenvalue weighted by atomic mass is 9.77. The molecule has 6 nitrogen and oxygen atoms in total. The number of rotatable bonds is 2. The fourth-order valence-corrected chi connectivity index (χ4v) is 5.13. The minimum absolute atomic E-state index is 0.0335. The normalized spacial score (nSPS) is 22.8. The average Bonchev–Trinajstić information content (AvgIpc) is 3.10. The van der Waals surface area contributed by atoms with E-state index in [1.54, 1.807) is 0 Å². The molecular weight excluding hydrogens is 364 g/mol. The summed E-state index contributed by atoms with van der Waals surface area (Å²) in [4.78, 5) is 26.8. The summed E-state index contributed by atoms with van der Waals surface area (Å²) in [5.41, 5.74) is 4.31. The molecule has 0 radical (unpaired) electrons. The molecule has 0 saturated carbocycles. The molecule has 2 aromatic rings. The van der Waals surface area contributed by atoms with Gasteiger partial charge in [0.15, 0.2) is 0 Å². The number of benzene rings is 1. The lowest BCUT2D eigenvalue weighted by Gasteiger charge is -2.40. The van der Waals surface area contributed by atoms with Gasteiger partial charge in [0.25, 0.3) is 5.91 Å².